The van der Waals surface area contributed by atoms with Crippen LogP contribution in [-0.4, -0.2) is 54.4 Å². The van der Waals surface area contributed by atoms with Crippen molar-refractivity contribution in [1.82, 2.24) is 10.2 Å². The van der Waals surface area contributed by atoms with Crippen LogP contribution in [0.2, 0.25) is 0 Å². The SMILES string of the molecule is C#CCN(CC(=O)O)C(=O)NC(C)(C)COC. The summed E-state index contributed by atoms with van der Waals surface area (Å²) >= 11 is 0. The molecule has 0 aliphatic carbocycles. The molecular weight excluding hydrogens is 224 g/mol. The summed E-state index contributed by atoms with van der Waals surface area (Å²) in [5, 5.41) is 11.3. The number of carbonyl (C=O) groups is 2. The number of ether oxygens (including phenoxy) is 1. The minimum absolute atomic E-state index is 0.0544. The second kappa shape index (κ2) is 6.76. The number of nitrogens with zero attached hydrogens (tertiary/aromatic N) is 1. The number of rotatable bonds is 6. The summed E-state index contributed by atoms with van der Waals surface area (Å²) in [7, 11) is 1.52. The number of urea groups is 1. The van der Waals surface area contributed by atoms with Crippen molar-refractivity contribution in [3.8, 4) is 12.3 Å². The third-order valence-electron chi connectivity index (χ3n) is 1.85. The Morgan fingerprint density at radius 1 is 1.53 bits per heavy atom. The number of amides is 2. The van der Waals surface area contributed by atoms with Gasteiger partial charge < -0.3 is 20.1 Å². The number of carbonyl (C=O) groups excluding carboxylic acids is 1. The van der Waals surface area contributed by atoms with E-state index in [1.54, 1.807) is 13.8 Å². The Bertz CT molecular complexity index is 320. The van der Waals surface area contributed by atoms with Gasteiger partial charge >= 0.3 is 12.0 Å². The molecule has 0 aliphatic heterocycles. The molecule has 0 bridgehead atoms. The van der Waals surface area contributed by atoms with Crippen LogP contribution in [0.5, 0.6) is 0 Å². The van der Waals surface area contributed by atoms with Crippen LogP contribution in [0.4, 0.5) is 4.79 Å². The van der Waals surface area contributed by atoms with Gasteiger partial charge in [-0.15, -0.1) is 6.42 Å². The number of aliphatic carboxylic acids is 1. The van der Waals surface area contributed by atoms with Gasteiger partial charge in [0.15, 0.2) is 0 Å². The summed E-state index contributed by atoms with van der Waals surface area (Å²) in [6.45, 7) is 3.36. The molecule has 0 spiro atoms. The van der Waals surface area contributed by atoms with E-state index in [-0.39, 0.29) is 6.54 Å². The zero-order valence-electron chi connectivity index (χ0n) is 10.3. The number of hydrogen-bond donors (Lipinski definition) is 2. The minimum atomic E-state index is -1.11. The fraction of sp³-hybridized carbons (Fsp3) is 0.636. The quantitative estimate of drug-likeness (QED) is 0.649. The van der Waals surface area contributed by atoms with Crippen molar-refractivity contribution < 1.29 is 19.4 Å². The van der Waals surface area contributed by atoms with Crippen molar-refractivity contribution in [1.29, 1.82) is 0 Å². The number of nitrogens with one attached hydrogen (secondary N) is 1. The fourth-order valence-electron chi connectivity index (χ4n) is 1.24. The average molecular weight is 242 g/mol. The number of carboxylic acid groups (broad SMARTS) is 1. The summed E-state index contributed by atoms with van der Waals surface area (Å²) in [5.74, 6) is 1.13. The van der Waals surface area contributed by atoms with E-state index in [9.17, 15) is 9.59 Å². The maximum atomic E-state index is 11.8. The maximum Gasteiger partial charge on any atom is 0.323 e. The van der Waals surface area contributed by atoms with Crippen molar-refractivity contribution in [2.75, 3.05) is 26.8 Å². The van der Waals surface area contributed by atoms with E-state index < -0.39 is 24.1 Å². The van der Waals surface area contributed by atoms with E-state index in [2.05, 4.69) is 11.2 Å². The van der Waals surface area contributed by atoms with Gasteiger partial charge in [0.05, 0.1) is 18.7 Å². The highest BCUT2D eigenvalue weighted by Gasteiger charge is 2.24. The van der Waals surface area contributed by atoms with Crippen molar-refractivity contribution in [3.05, 3.63) is 0 Å². The van der Waals surface area contributed by atoms with Gasteiger partial charge in [0.25, 0.3) is 0 Å². The number of hydrogen-bond acceptors (Lipinski definition) is 3. The Morgan fingerprint density at radius 2 is 2.12 bits per heavy atom. The molecule has 0 fully saturated rings. The molecule has 0 saturated heterocycles. The molecule has 0 aromatic heterocycles. The molecule has 0 atom stereocenters. The molecule has 0 saturated carbocycles. The van der Waals surface area contributed by atoms with Gasteiger partial charge in [-0.25, -0.2) is 4.79 Å². The Hall–Kier alpha value is -1.74. The van der Waals surface area contributed by atoms with Crippen LogP contribution in [0.1, 0.15) is 13.8 Å². The molecule has 0 unspecified atom stereocenters. The summed E-state index contributed by atoms with van der Waals surface area (Å²) in [6, 6.07) is -0.521. The highest BCUT2D eigenvalue weighted by molar-refractivity contribution is 5.80. The number of methoxy groups -OCH3 is 1. The van der Waals surface area contributed by atoms with Gasteiger partial charge in [0, 0.05) is 7.11 Å². The largest absolute Gasteiger partial charge is 0.480 e. The first-order chi connectivity index (χ1) is 7.82. The van der Waals surface area contributed by atoms with Crippen LogP contribution in [-0.2, 0) is 9.53 Å². The molecule has 0 rings (SSSR count). The molecule has 6 heteroatoms. The zero-order chi connectivity index (χ0) is 13.5. The topological polar surface area (TPSA) is 78.9 Å². The summed E-state index contributed by atoms with van der Waals surface area (Å²) in [5.41, 5.74) is -0.586. The van der Waals surface area contributed by atoms with Crippen molar-refractivity contribution >= 4 is 12.0 Å². The lowest BCUT2D eigenvalue weighted by Crippen LogP contribution is -2.53. The molecule has 6 nitrogen and oxygen atoms in total. The van der Waals surface area contributed by atoms with E-state index in [1.165, 1.54) is 7.11 Å². The lowest BCUT2D eigenvalue weighted by Gasteiger charge is -2.28. The van der Waals surface area contributed by atoms with Crippen LogP contribution < -0.4 is 5.32 Å². The second-order valence-corrected chi connectivity index (χ2v) is 4.20. The average Bonchev–Trinajstić information content (AvgIpc) is 2.15. The first-order valence-electron chi connectivity index (χ1n) is 5.03. The molecule has 0 aromatic rings. The molecule has 0 aromatic carbocycles. The third kappa shape index (κ3) is 6.43. The highest BCUT2D eigenvalue weighted by Crippen LogP contribution is 2.03. The van der Waals surface area contributed by atoms with Crippen molar-refractivity contribution in [2.45, 2.75) is 19.4 Å². The van der Waals surface area contributed by atoms with Gasteiger partial charge in [-0.05, 0) is 13.8 Å². The maximum absolute atomic E-state index is 11.8. The molecule has 2 amide bonds. The Balaban J connectivity index is 4.52. The van der Waals surface area contributed by atoms with Crippen molar-refractivity contribution in [2.24, 2.45) is 0 Å². The first-order valence-corrected chi connectivity index (χ1v) is 5.03. The lowest BCUT2D eigenvalue weighted by molar-refractivity contribution is -0.137. The summed E-state index contributed by atoms with van der Waals surface area (Å²) in [4.78, 5) is 23.4. The smallest absolute Gasteiger partial charge is 0.323 e. The van der Waals surface area contributed by atoms with Crippen LogP contribution in [0, 0.1) is 12.3 Å². The summed E-state index contributed by atoms with van der Waals surface area (Å²) in [6.07, 6.45) is 5.08. The van der Waals surface area contributed by atoms with Gasteiger partial charge in [-0.1, -0.05) is 5.92 Å². The van der Waals surface area contributed by atoms with E-state index in [0.717, 1.165) is 4.90 Å². The summed E-state index contributed by atoms with van der Waals surface area (Å²) < 4.78 is 4.94. The van der Waals surface area contributed by atoms with Gasteiger partial charge in [-0.2, -0.15) is 0 Å². The zero-order valence-corrected chi connectivity index (χ0v) is 10.3. The Labute approximate surface area is 101 Å². The van der Waals surface area contributed by atoms with Gasteiger partial charge in [-0.3, -0.25) is 4.79 Å². The second-order valence-electron chi connectivity index (χ2n) is 4.20. The predicted molar refractivity (Wildman–Crippen MR) is 62.5 cm³/mol. The predicted octanol–water partition coefficient (Wildman–Crippen LogP) is 0.141. The van der Waals surface area contributed by atoms with Crippen LogP contribution in [0.15, 0.2) is 0 Å². The molecule has 96 valence electrons. The Kier molecular flexibility index (Phi) is 6.07. The van der Waals surface area contributed by atoms with Crippen LogP contribution >= 0.6 is 0 Å². The number of terminal acetylenes is 1. The van der Waals surface area contributed by atoms with E-state index in [1.807, 2.05) is 0 Å². The van der Waals surface area contributed by atoms with E-state index in [4.69, 9.17) is 16.3 Å². The number of carboxylic acids is 1. The van der Waals surface area contributed by atoms with E-state index >= 15 is 0 Å². The molecular formula is C11H18N2O4. The van der Waals surface area contributed by atoms with Crippen LogP contribution in [0.25, 0.3) is 0 Å². The Morgan fingerprint density at radius 3 is 2.53 bits per heavy atom. The molecule has 2 N–H and O–H groups in total. The third-order valence-corrected chi connectivity index (χ3v) is 1.85. The monoisotopic (exact) mass is 242 g/mol. The van der Waals surface area contributed by atoms with Crippen molar-refractivity contribution in [3.63, 3.8) is 0 Å². The van der Waals surface area contributed by atoms with Crippen LogP contribution in [0.3, 0.4) is 0 Å². The first kappa shape index (κ1) is 15.3. The minimum Gasteiger partial charge on any atom is -0.480 e. The molecule has 0 aliphatic rings. The molecule has 0 radical (unpaired) electrons. The molecule has 17 heavy (non-hydrogen) atoms. The van der Waals surface area contributed by atoms with Gasteiger partial charge in [0.1, 0.15) is 6.54 Å². The fourth-order valence-corrected chi connectivity index (χ4v) is 1.24. The highest BCUT2D eigenvalue weighted by atomic mass is 16.5. The molecule has 0 heterocycles. The van der Waals surface area contributed by atoms with E-state index in [0.29, 0.717) is 6.61 Å². The standard InChI is InChI=1S/C11H18N2O4/c1-5-6-13(7-9(14)15)10(16)12-11(2,3)8-17-4/h1H,6-8H2,2-4H3,(H,12,16)(H,14,15). The normalized spacial score (nSPS) is 10.5. The van der Waals surface area contributed by atoms with Gasteiger partial charge in [0.2, 0.25) is 0 Å². The lowest BCUT2D eigenvalue weighted by atomic mass is 10.1.